The summed E-state index contributed by atoms with van der Waals surface area (Å²) in [5.74, 6) is 0. The lowest BCUT2D eigenvalue weighted by Crippen LogP contribution is -2.09. The second-order valence-electron chi connectivity index (χ2n) is 3.14. The first-order valence-electron chi connectivity index (χ1n) is 4.19. The molecule has 82 valence electrons. The summed E-state index contributed by atoms with van der Waals surface area (Å²) >= 11 is 0. The Labute approximate surface area is 88.5 Å². The average Bonchev–Trinajstić information content (AvgIpc) is 2.15. The van der Waals surface area contributed by atoms with E-state index in [1.54, 1.807) is 31.2 Å². The van der Waals surface area contributed by atoms with Crippen LogP contribution in [-0.4, -0.2) is 25.6 Å². The van der Waals surface area contributed by atoms with Crippen molar-refractivity contribution in [1.82, 2.24) is 0 Å². The Bertz CT molecular complexity index is 463. The van der Waals surface area contributed by atoms with Gasteiger partial charge in [0.1, 0.15) is 0 Å². The van der Waals surface area contributed by atoms with Crippen LogP contribution in [0.5, 0.6) is 0 Å². The van der Waals surface area contributed by atoms with E-state index in [1.807, 2.05) is 0 Å². The van der Waals surface area contributed by atoms with Gasteiger partial charge in [0.25, 0.3) is 0 Å². The number of oxime groups is 1. The number of rotatable bonds is 3. The van der Waals surface area contributed by atoms with E-state index in [4.69, 9.17) is 5.21 Å². The van der Waals surface area contributed by atoms with Gasteiger partial charge in [-0.2, -0.15) is 0 Å². The first kappa shape index (κ1) is 11.5. The molecule has 0 radical (unpaired) electrons. The maximum atomic E-state index is 10.9. The smallest absolute Gasteiger partial charge is 0.229 e. The van der Waals surface area contributed by atoms with Gasteiger partial charge in [-0.05, 0) is 24.6 Å². The average molecular weight is 228 g/mol. The fourth-order valence-electron chi connectivity index (χ4n) is 1.05. The van der Waals surface area contributed by atoms with E-state index < -0.39 is 10.0 Å². The van der Waals surface area contributed by atoms with Crippen molar-refractivity contribution >= 4 is 21.4 Å². The van der Waals surface area contributed by atoms with Crippen LogP contribution in [-0.2, 0) is 10.0 Å². The Balaban J connectivity index is 2.91. The molecule has 0 spiro atoms. The molecule has 6 heteroatoms. The molecule has 0 aromatic heterocycles. The Morgan fingerprint density at radius 3 is 2.27 bits per heavy atom. The van der Waals surface area contributed by atoms with Gasteiger partial charge in [-0.15, -0.1) is 0 Å². The third kappa shape index (κ3) is 3.59. The van der Waals surface area contributed by atoms with Gasteiger partial charge in [0.2, 0.25) is 10.0 Å². The van der Waals surface area contributed by atoms with Gasteiger partial charge < -0.3 is 5.21 Å². The molecule has 1 aromatic carbocycles. The predicted octanol–water partition coefficient (Wildman–Crippen LogP) is 1.26. The highest BCUT2D eigenvalue weighted by atomic mass is 32.2. The van der Waals surface area contributed by atoms with E-state index in [0.717, 1.165) is 11.8 Å². The maximum absolute atomic E-state index is 10.9. The summed E-state index contributed by atoms with van der Waals surface area (Å²) in [6.45, 7) is 1.65. The number of sulfonamides is 1. The molecule has 5 nitrogen and oxygen atoms in total. The molecular formula is C9H12N2O3S. The van der Waals surface area contributed by atoms with Gasteiger partial charge in [-0.25, -0.2) is 8.42 Å². The zero-order valence-electron chi connectivity index (χ0n) is 8.43. The van der Waals surface area contributed by atoms with Crippen molar-refractivity contribution in [1.29, 1.82) is 0 Å². The number of nitrogens with one attached hydrogen (secondary N) is 1. The summed E-state index contributed by atoms with van der Waals surface area (Å²) in [6.07, 6.45) is 1.08. The Kier molecular flexibility index (Phi) is 3.31. The van der Waals surface area contributed by atoms with Gasteiger partial charge in [-0.3, -0.25) is 4.72 Å². The lowest BCUT2D eigenvalue weighted by atomic mass is 10.1. The third-order valence-electron chi connectivity index (χ3n) is 1.76. The van der Waals surface area contributed by atoms with Crippen LogP contribution in [0.3, 0.4) is 0 Å². The van der Waals surface area contributed by atoms with Crippen LogP contribution in [0, 0.1) is 0 Å². The molecule has 0 aliphatic rings. The molecule has 0 fully saturated rings. The van der Waals surface area contributed by atoms with Crippen molar-refractivity contribution < 1.29 is 13.6 Å². The van der Waals surface area contributed by atoms with E-state index in [2.05, 4.69) is 9.88 Å². The Morgan fingerprint density at radius 2 is 1.87 bits per heavy atom. The molecule has 0 saturated heterocycles. The number of benzene rings is 1. The Morgan fingerprint density at radius 1 is 1.33 bits per heavy atom. The summed E-state index contributed by atoms with van der Waals surface area (Å²) in [5.41, 5.74) is 1.68. The SMILES string of the molecule is CC(=NO)c1ccc(NS(C)(=O)=O)cc1. The first-order valence-corrected chi connectivity index (χ1v) is 6.08. The molecule has 0 aliphatic carbocycles. The van der Waals surface area contributed by atoms with Crippen molar-refractivity contribution in [3.8, 4) is 0 Å². The highest BCUT2D eigenvalue weighted by Crippen LogP contribution is 2.11. The molecule has 1 rings (SSSR count). The maximum Gasteiger partial charge on any atom is 0.229 e. The number of anilines is 1. The van der Waals surface area contributed by atoms with Crippen LogP contribution < -0.4 is 4.72 Å². The predicted molar refractivity (Wildman–Crippen MR) is 58.9 cm³/mol. The summed E-state index contributed by atoms with van der Waals surface area (Å²) in [7, 11) is -3.25. The van der Waals surface area contributed by atoms with Crippen LogP contribution in [0.15, 0.2) is 29.4 Å². The standard InChI is InChI=1S/C9H12N2O3S/c1-7(10-12)8-3-5-9(6-4-8)11-15(2,13)14/h3-6,11-12H,1-2H3. The molecule has 15 heavy (non-hydrogen) atoms. The van der Waals surface area contributed by atoms with Gasteiger partial charge in [0, 0.05) is 5.69 Å². The lowest BCUT2D eigenvalue weighted by molar-refractivity contribution is 0.319. The zero-order chi connectivity index (χ0) is 11.5. The molecule has 0 bridgehead atoms. The summed E-state index contributed by atoms with van der Waals surface area (Å²) in [4.78, 5) is 0. The second-order valence-corrected chi connectivity index (χ2v) is 4.89. The van der Waals surface area contributed by atoms with Gasteiger partial charge in [-0.1, -0.05) is 17.3 Å². The van der Waals surface area contributed by atoms with Gasteiger partial charge >= 0.3 is 0 Å². The second kappa shape index (κ2) is 4.31. The molecule has 0 saturated carbocycles. The van der Waals surface area contributed by atoms with E-state index >= 15 is 0 Å². The van der Waals surface area contributed by atoms with Gasteiger partial charge in [0.15, 0.2) is 0 Å². The summed E-state index contributed by atoms with van der Waals surface area (Å²) < 4.78 is 24.1. The monoisotopic (exact) mass is 228 g/mol. The van der Waals surface area contributed by atoms with Crippen LogP contribution in [0.2, 0.25) is 0 Å². The third-order valence-corrected chi connectivity index (χ3v) is 2.36. The number of hydrogen-bond donors (Lipinski definition) is 2. The molecule has 0 amide bonds. The van der Waals surface area contributed by atoms with Crippen LogP contribution in [0.4, 0.5) is 5.69 Å². The van der Waals surface area contributed by atoms with Crippen molar-refractivity contribution in [2.75, 3.05) is 11.0 Å². The van der Waals surface area contributed by atoms with Crippen molar-refractivity contribution in [3.05, 3.63) is 29.8 Å². The molecule has 2 N–H and O–H groups in total. The minimum atomic E-state index is -3.25. The van der Waals surface area contributed by atoms with Crippen molar-refractivity contribution in [2.45, 2.75) is 6.92 Å². The summed E-state index contributed by atoms with van der Waals surface area (Å²) in [6, 6.07) is 6.54. The minimum absolute atomic E-state index is 0.473. The van der Waals surface area contributed by atoms with Crippen LogP contribution in [0.25, 0.3) is 0 Å². The normalized spacial score (nSPS) is 12.5. The van der Waals surface area contributed by atoms with Crippen LogP contribution in [0.1, 0.15) is 12.5 Å². The van der Waals surface area contributed by atoms with E-state index in [-0.39, 0.29) is 0 Å². The quantitative estimate of drug-likeness (QED) is 0.464. The molecule has 0 heterocycles. The number of nitrogens with zero attached hydrogens (tertiary/aromatic N) is 1. The van der Waals surface area contributed by atoms with E-state index in [9.17, 15) is 8.42 Å². The Hall–Kier alpha value is -1.56. The minimum Gasteiger partial charge on any atom is -0.411 e. The number of hydrogen-bond acceptors (Lipinski definition) is 4. The topological polar surface area (TPSA) is 78.8 Å². The van der Waals surface area contributed by atoms with Crippen molar-refractivity contribution in [2.24, 2.45) is 5.16 Å². The zero-order valence-corrected chi connectivity index (χ0v) is 9.25. The molecule has 0 unspecified atom stereocenters. The fourth-order valence-corrected chi connectivity index (χ4v) is 1.62. The van der Waals surface area contributed by atoms with Gasteiger partial charge in [0.05, 0.1) is 12.0 Å². The van der Waals surface area contributed by atoms with Crippen molar-refractivity contribution in [3.63, 3.8) is 0 Å². The first-order chi connectivity index (χ1) is 6.92. The van der Waals surface area contributed by atoms with E-state index in [1.165, 1.54) is 0 Å². The van der Waals surface area contributed by atoms with Crippen LogP contribution >= 0.6 is 0 Å². The van der Waals surface area contributed by atoms with E-state index in [0.29, 0.717) is 11.4 Å². The fraction of sp³-hybridized carbons (Fsp3) is 0.222. The molecule has 0 atom stereocenters. The lowest BCUT2D eigenvalue weighted by Gasteiger charge is -2.04. The molecule has 0 aliphatic heterocycles. The molecular weight excluding hydrogens is 216 g/mol. The largest absolute Gasteiger partial charge is 0.411 e. The molecule has 1 aromatic rings. The highest BCUT2D eigenvalue weighted by molar-refractivity contribution is 7.92. The summed E-state index contributed by atoms with van der Waals surface area (Å²) in [5, 5.41) is 11.6. The highest BCUT2D eigenvalue weighted by Gasteiger charge is 2.02.